The maximum atomic E-state index is 3.75. The molecule has 2 aromatic rings. The van der Waals surface area contributed by atoms with E-state index in [1.54, 1.807) is 12.4 Å². The number of H-pyrrole nitrogens is 1. The topological polar surface area (TPSA) is 54.5 Å². The van der Waals surface area contributed by atoms with Crippen molar-refractivity contribution in [2.75, 3.05) is 0 Å². The quantitative estimate of drug-likeness (QED) is 0.587. The molecular weight excluding hydrogens is 128 g/mol. The van der Waals surface area contributed by atoms with Crippen LogP contribution in [0, 0.1) is 0 Å². The molecule has 0 atom stereocenters. The lowest BCUT2D eigenvalue weighted by Crippen LogP contribution is -1.83. The van der Waals surface area contributed by atoms with Crippen LogP contribution < -0.4 is 0 Å². The van der Waals surface area contributed by atoms with Gasteiger partial charge in [0.25, 0.3) is 0 Å². The van der Waals surface area contributed by atoms with Crippen LogP contribution in [0.15, 0.2) is 18.5 Å². The Labute approximate surface area is 58.3 Å². The van der Waals surface area contributed by atoms with Crippen LogP contribution in [0.3, 0.4) is 0 Å². The molecule has 2 rings (SSSR count). The summed E-state index contributed by atoms with van der Waals surface area (Å²) in [5.74, 6) is 0. The van der Waals surface area contributed by atoms with Crippen molar-refractivity contribution >= 4 is 11.0 Å². The minimum absolute atomic E-state index is 0. The zero-order valence-electron chi connectivity index (χ0n) is 4.57. The summed E-state index contributed by atoms with van der Waals surface area (Å²) >= 11 is 0. The number of fused-ring (bicyclic) bond motifs is 1. The molecule has 1 N–H and O–H groups in total. The van der Waals surface area contributed by atoms with Gasteiger partial charge >= 0.3 is 0 Å². The monoisotopic (exact) mass is 136 g/mol. The standard InChI is InChI=1S/C5H4N4.CH4/c1-2-6-5-3-7-9-8-4(1)5;/h1-3,6H;1H4. The lowest BCUT2D eigenvalue weighted by molar-refractivity contribution is 0.895. The van der Waals surface area contributed by atoms with Gasteiger partial charge in [-0.2, -0.15) is 0 Å². The number of aromatic nitrogens is 4. The van der Waals surface area contributed by atoms with E-state index in [2.05, 4.69) is 20.4 Å². The van der Waals surface area contributed by atoms with Gasteiger partial charge in [0, 0.05) is 6.20 Å². The average molecular weight is 136 g/mol. The van der Waals surface area contributed by atoms with Crippen LogP contribution in [0.2, 0.25) is 0 Å². The summed E-state index contributed by atoms with van der Waals surface area (Å²) in [4.78, 5) is 2.95. The molecule has 0 radical (unpaired) electrons. The summed E-state index contributed by atoms with van der Waals surface area (Å²) in [7, 11) is 0. The Morgan fingerprint density at radius 2 is 2.30 bits per heavy atom. The first-order chi connectivity index (χ1) is 4.47. The van der Waals surface area contributed by atoms with E-state index in [1.807, 2.05) is 6.07 Å². The third-order valence-corrected chi connectivity index (χ3v) is 1.15. The van der Waals surface area contributed by atoms with E-state index in [4.69, 9.17) is 0 Å². The van der Waals surface area contributed by atoms with Gasteiger partial charge in [0.1, 0.15) is 5.52 Å². The zero-order valence-corrected chi connectivity index (χ0v) is 4.57. The van der Waals surface area contributed by atoms with Crippen LogP contribution in [-0.2, 0) is 0 Å². The third kappa shape index (κ3) is 0.834. The predicted octanol–water partition coefficient (Wildman–Crippen LogP) is 0.989. The fourth-order valence-corrected chi connectivity index (χ4v) is 0.722. The maximum absolute atomic E-state index is 3.75. The second-order valence-corrected chi connectivity index (χ2v) is 1.71. The van der Waals surface area contributed by atoms with Crippen molar-refractivity contribution in [3.8, 4) is 0 Å². The van der Waals surface area contributed by atoms with E-state index in [9.17, 15) is 0 Å². The summed E-state index contributed by atoms with van der Waals surface area (Å²) in [6, 6.07) is 1.85. The second-order valence-electron chi connectivity index (χ2n) is 1.71. The number of aromatic amines is 1. The van der Waals surface area contributed by atoms with Gasteiger partial charge in [0.05, 0.1) is 11.7 Å². The van der Waals surface area contributed by atoms with Crippen LogP contribution in [0.5, 0.6) is 0 Å². The molecule has 0 spiro atoms. The molecule has 2 heterocycles. The predicted molar refractivity (Wildman–Crippen MR) is 38.4 cm³/mol. The zero-order chi connectivity index (χ0) is 6.10. The lowest BCUT2D eigenvalue weighted by Gasteiger charge is -1.80. The Morgan fingerprint density at radius 3 is 3.10 bits per heavy atom. The summed E-state index contributed by atoms with van der Waals surface area (Å²) in [5, 5.41) is 10.8. The maximum Gasteiger partial charge on any atom is 0.114 e. The van der Waals surface area contributed by atoms with E-state index in [0.717, 1.165) is 11.0 Å². The molecule has 4 heteroatoms. The van der Waals surface area contributed by atoms with Crippen molar-refractivity contribution in [3.05, 3.63) is 18.5 Å². The first kappa shape index (κ1) is 6.67. The smallest absolute Gasteiger partial charge is 0.114 e. The molecule has 0 aliphatic rings. The molecule has 0 amide bonds. The van der Waals surface area contributed by atoms with E-state index in [-0.39, 0.29) is 7.43 Å². The van der Waals surface area contributed by atoms with Gasteiger partial charge in [0.2, 0.25) is 0 Å². The Morgan fingerprint density at radius 1 is 1.40 bits per heavy atom. The highest BCUT2D eigenvalue weighted by Crippen LogP contribution is 2.02. The van der Waals surface area contributed by atoms with Crippen LogP contribution in [0.1, 0.15) is 7.43 Å². The van der Waals surface area contributed by atoms with Gasteiger partial charge in [-0.1, -0.05) is 7.43 Å². The Balaban J connectivity index is 0.000000500. The highest BCUT2D eigenvalue weighted by Gasteiger charge is 1.90. The Hall–Kier alpha value is -1.45. The van der Waals surface area contributed by atoms with Crippen LogP contribution >= 0.6 is 0 Å². The van der Waals surface area contributed by atoms with Crippen molar-refractivity contribution in [2.24, 2.45) is 0 Å². The normalized spacial score (nSPS) is 9.20. The second kappa shape index (κ2) is 2.43. The highest BCUT2D eigenvalue weighted by molar-refractivity contribution is 5.72. The van der Waals surface area contributed by atoms with E-state index in [1.165, 1.54) is 0 Å². The minimum Gasteiger partial charge on any atom is -0.358 e. The molecule has 0 fully saturated rings. The first-order valence-corrected chi connectivity index (χ1v) is 2.58. The van der Waals surface area contributed by atoms with Crippen LogP contribution in [0.4, 0.5) is 0 Å². The molecule has 0 bridgehead atoms. The molecule has 2 aromatic heterocycles. The van der Waals surface area contributed by atoms with Crippen molar-refractivity contribution in [3.63, 3.8) is 0 Å². The number of rotatable bonds is 0. The van der Waals surface area contributed by atoms with Crippen LogP contribution in [-0.4, -0.2) is 20.4 Å². The molecular formula is C6H8N4. The summed E-state index contributed by atoms with van der Waals surface area (Å²) in [6.07, 6.45) is 3.45. The fraction of sp³-hybridized carbons (Fsp3) is 0.167. The number of nitrogens with zero attached hydrogens (tertiary/aromatic N) is 3. The highest BCUT2D eigenvalue weighted by atomic mass is 15.3. The molecule has 4 nitrogen and oxygen atoms in total. The summed E-state index contributed by atoms with van der Waals surface area (Å²) in [6.45, 7) is 0. The molecule has 0 saturated carbocycles. The minimum atomic E-state index is 0. The largest absolute Gasteiger partial charge is 0.358 e. The van der Waals surface area contributed by atoms with Crippen molar-refractivity contribution < 1.29 is 0 Å². The van der Waals surface area contributed by atoms with E-state index in [0.29, 0.717) is 0 Å². The van der Waals surface area contributed by atoms with Crippen LogP contribution in [0.25, 0.3) is 11.0 Å². The van der Waals surface area contributed by atoms with Crippen molar-refractivity contribution in [2.45, 2.75) is 7.43 Å². The lowest BCUT2D eigenvalue weighted by atomic mass is 10.5. The third-order valence-electron chi connectivity index (χ3n) is 1.15. The molecule has 0 aliphatic carbocycles. The van der Waals surface area contributed by atoms with Gasteiger partial charge < -0.3 is 4.98 Å². The average Bonchev–Trinajstić information content (AvgIpc) is 2.33. The van der Waals surface area contributed by atoms with Gasteiger partial charge in [-0.15, -0.1) is 10.2 Å². The molecule has 0 aromatic carbocycles. The van der Waals surface area contributed by atoms with Gasteiger partial charge in [0.15, 0.2) is 0 Å². The number of hydrogen-bond donors (Lipinski definition) is 1. The fourth-order valence-electron chi connectivity index (χ4n) is 0.722. The van der Waals surface area contributed by atoms with E-state index >= 15 is 0 Å². The molecule has 0 aliphatic heterocycles. The van der Waals surface area contributed by atoms with Crippen molar-refractivity contribution in [1.82, 2.24) is 20.4 Å². The summed E-state index contributed by atoms with van der Waals surface area (Å²) < 4.78 is 0. The number of nitrogens with one attached hydrogen (secondary N) is 1. The van der Waals surface area contributed by atoms with Crippen molar-refractivity contribution in [1.29, 1.82) is 0 Å². The summed E-state index contributed by atoms with van der Waals surface area (Å²) in [5.41, 5.74) is 1.77. The molecule has 52 valence electrons. The Kier molecular flexibility index (Phi) is 1.62. The molecule has 0 unspecified atom stereocenters. The molecule has 0 saturated heterocycles. The SMILES string of the molecule is C.c1cc2nnncc2[nH]1. The van der Waals surface area contributed by atoms with Gasteiger partial charge in [-0.3, -0.25) is 0 Å². The molecule has 10 heavy (non-hydrogen) atoms. The van der Waals surface area contributed by atoms with Gasteiger partial charge in [-0.25, -0.2) is 0 Å². The van der Waals surface area contributed by atoms with E-state index < -0.39 is 0 Å². The number of hydrogen-bond acceptors (Lipinski definition) is 3. The van der Waals surface area contributed by atoms with Gasteiger partial charge in [-0.05, 0) is 11.3 Å². The Bertz CT molecular complexity index is 284. The first-order valence-electron chi connectivity index (χ1n) is 2.58.